The number of nitrogens with zero attached hydrogens (tertiary/aromatic N) is 1. The summed E-state index contributed by atoms with van der Waals surface area (Å²) in [6.07, 6.45) is 5.74. The van der Waals surface area contributed by atoms with E-state index in [9.17, 15) is 23.2 Å². The van der Waals surface area contributed by atoms with Crippen molar-refractivity contribution in [1.29, 1.82) is 5.26 Å². The van der Waals surface area contributed by atoms with Crippen LogP contribution < -0.4 is 9.47 Å². The first-order valence-electron chi connectivity index (χ1n) is 13.6. The monoisotopic (exact) mass is 579 g/mol. The lowest BCUT2D eigenvalue weighted by molar-refractivity contribution is -0.148. The SMILES string of the molecule is CCOCC(=O)OCCCCCCCc1ccc(C(=O)Oc2ccc(C(=O)Oc3ccc(C#N)c(F)c3F)cc2)cc1. The molecule has 0 N–H and O–H groups in total. The standard InChI is InChI=1S/C32H31F2NO7/c1-2-39-21-28(36)40-19-7-5-3-4-6-8-22-9-11-23(12-10-22)31(37)41-26-16-13-24(14-17-26)32(38)42-27-18-15-25(20-35)29(33)30(27)34/h9-18H,2-8,19,21H2,1H3. The van der Waals surface area contributed by atoms with Gasteiger partial charge in [-0.15, -0.1) is 0 Å². The number of halogens is 2. The Morgan fingerprint density at radius 1 is 0.762 bits per heavy atom. The summed E-state index contributed by atoms with van der Waals surface area (Å²) >= 11 is 0. The van der Waals surface area contributed by atoms with Gasteiger partial charge in [-0.05, 0) is 80.3 Å². The lowest BCUT2D eigenvalue weighted by Gasteiger charge is -2.08. The maximum atomic E-state index is 14.0. The molecule has 0 aliphatic heterocycles. The van der Waals surface area contributed by atoms with Gasteiger partial charge in [0, 0.05) is 6.61 Å². The van der Waals surface area contributed by atoms with Crippen LogP contribution in [0.25, 0.3) is 0 Å². The molecule has 3 rings (SSSR count). The molecule has 0 aromatic heterocycles. The van der Waals surface area contributed by atoms with E-state index in [1.54, 1.807) is 12.1 Å². The molecule has 3 aromatic rings. The van der Waals surface area contributed by atoms with Gasteiger partial charge in [0.25, 0.3) is 0 Å². The summed E-state index contributed by atoms with van der Waals surface area (Å²) in [5, 5.41) is 8.75. The Labute approximate surface area is 242 Å². The Kier molecular flexibility index (Phi) is 12.6. The van der Waals surface area contributed by atoms with Crippen molar-refractivity contribution in [2.24, 2.45) is 0 Å². The first kappa shape index (κ1) is 31.9. The third-order valence-electron chi connectivity index (χ3n) is 6.16. The minimum Gasteiger partial charge on any atom is -0.464 e. The maximum absolute atomic E-state index is 14.0. The Hall–Kier alpha value is -4.62. The number of rotatable bonds is 15. The lowest BCUT2D eigenvalue weighted by Crippen LogP contribution is -2.13. The van der Waals surface area contributed by atoms with Gasteiger partial charge in [0.15, 0.2) is 11.6 Å². The normalized spacial score (nSPS) is 10.5. The third-order valence-corrected chi connectivity index (χ3v) is 6.16. The Morgan fingerprint density at radius 2 is 1.38 bits per heavy atom. The van der Waals surface area contributed by atoms with Crippen LogP contribution in [0.3, 0.4) is 0 Å². The number of hydrogen-bond acceptors (Lipinski definition) is 8. The number of nitriles is 1. The number of hydrogen-bond donors (Lipinski definition) is 0. The zero-order valence-electron chi connectivity index (χ0n) is 23.2. The van der Waals surface area contributed by atoms with Crippen molar-refractivity contribution in [1.82, 2.24) is 0 Å². The van der Waals surface area contributed by atoms with E-state index < -0.39 is 34.9 Å². The molecule has 10 heteroatoms. The summed E-state index contributed by atoms with van der Waals surface area (Å²) < 4.78 is 48.1. The number of aryl methyl sites for hydroxylation is 1. The molecule has 0 fully saturated rings. The van der Waals surface area contributed by atoms with Crippen LogP contribution >= 0.6 is 0 Å². The summed E-state index contributed by atoms with van der Waals surface area (Å²) in [5.41, 5.74) is 0.966. The van der Waals surface area contributed by atoms with Crippen molar-refractivity contribution in [2.45, 2.75) is 45.4 Å². The predicted molar refractivity (Wildman–Crippen MR) is 148 cm³/mol. The molecule has 42 heavy (non-hydrogen) atoms. The van der Waals surface area contributed by atoms with Gasteiger partial charge in [-0.2, -0.15) is 9.65 Å². The molecule has 0 bridgehead atoms. The van der Waals surface area contributed by atoms with Crippen LogP contribution in [-0.4, -0.2) is 37.7 Å². The van der Waals surface area contributed by atoms with Crippen molar-refractivity contribution >= 4 is 17.9 Å². The topological polar surface area (TPSA) is 112 Å². The molecular formula is C32H31F2NO7. The minimum absolute atomic E-state index is 0.00401. The summed E-state index contributed by atoms with van der Waals surface area (Å²) in [6.45, 7) is 2.71. The van der Waals surface area contributed by atoms with Crippen LogP contribution in [0, 0.1) is 23.0 Å². The highest BCUT2D eigenvalue weighted by molar-refractivity contribution is 5.92. The Bertz CT molecular complexity index is 1400. The van der Waals surface area contributed by atoms with Crippen molar-refractivity contribution in [3.8, 4) is 17.6 Å². The van der Waals surface area contributed by atoms with Gasteiger partial charge in [-0.25, -0.2) is 18.8 Å². The molecule has 0 aliphatic carbocycles. The molecule has 0 saturated heterocycles. The maximum Gasteiger partial charge on any atom is 0.343 e. The van der Waals surface area contributed by atoms with Gasteiger partial charge in [-0.3, -0.25) is 0 Å². The molecule has 0 amide bonds. The zero-order chi connectivity index (χ0) is 30.3. The van der Waals surface area contributed by atoms with E-state index in [-0.39, 0.29) is 23.9 Å². The third kappa shape index (κ3) is 9.78. The van der Waals surface area contributed by atoms with Crippen LogP contribution in [0.5, 0.6) is 11.5 Å². The summed E-state index contributed by atoms with van der Waals surface area (Å²) in [4.78, 5) is 36.2. The second-order valence-electron chi connectivity index (χ2n) is 9.23. The van der Waals surface area contributed by atoms with Crippen molar-refractivity contribution < 1.29 is 42.1 Å². The van der Waals surface area contributed by atoms with E-state index in [0.717, 1.165) is 56.2 Å². The Morgan fingerprint density at radius 3 is 2.05 bits per heavy atom. The molecule has 0 unspecified atom stereocenters. The summed E-state index contributed by atoms with van der Waals surface area (Å²) in [5.74, 6) is -5.17. The predicted octanol–water partition coefficient (Wildman–Crippen LogP) is 6.35. The van der Waals surface area contributed by atoms with Gasteiger partial charge < -0.3 is 18.9 Å². The molecule has 220 valence electrons. The molecule has 8 nitrogen and oxygen atoms in total. The van der Waals surface area contributed by atoms with Crippen molar-refractivity contribution in [2.75, 3.05) is 19.8 Å². The van der Waals surface area contributed by atoms with E-state index in [1.807, 2.05) is 19.1 Å². The highest BCUT2D eigenvalue weighted by atomic mass is 19.2. The lowest BCUT2D eigenvalue weighted by atomic mass is 10.0. The van der Waals surface area contributed by atoms with E-state index in [1.165, 1.54) is 30.3 Å². The molecule has 3 aromatic carbocycles. The number of carbonyl (C=O) groups excluding carboxylic acids is 3. The first-order chi connectivity index (χ1) is 20.3. The van der Waals surface area contributed by atoms with Gasteiger partial charge in [0.1, 0.15) is 18.4 Å². The van der Waals surface area contributed by atoms with E-state index in [4.69, 9.17) is 24.2 Å². The van der Waals surface area contributed by atoms with Gasteiger partial charge in [-0.1, -0.05) is 31.4 Å². The first-order valence-corrected chi connectivity index (χ1v) is 13.6. The van der Waals surface area contributed by atoms with Gasteiger partial charge in [0.2, 0.25) is 5.82 Å². The van der Waals surface area contributed by atoms with Crippen LogP contribution in [0.2, 0.25) is 0 Å². The largest absolute Gasteiger partial charge is 0.464 e. The van der Waals surface area contributed by atoms with Gasteiger partial charge >= 0.3 is 17.9 Å². The second kappa shape index (κ2) is 16.6. The summed E-state index contributed by atoms with van der Waals surface area (Å²) in [7, 11) is 0. The number of ether oxygens (including phenoxy) is 4. The van der Waals surface area contributed by atoms with E-state index >= 15 is 0 Å². The van der Waals surface area contributed by atoms with E-state index in [0.29, 0.717) is 18.8 Å². The fraction of sp³-hybridized carbons (Fsp3) is 0.312. The van der Waals surface area contributed by atoms with Gasteiger partial charge in [0.05, 0.1) is 23.3 Å². The molecule has 0 radical (unpaired) electrons. The van der Waals surface area contributed by atoms with Crippen molar-refractivity contribution in [3.63, 3.8) is 0 Å². The second-order valence-corrected chi connectivity index (χ2v) is 9.23. The average Bonchev–Trinajstić information content (AvgIpc) is 3.00. The number of esters is 3. The average molecular weight is 580 g/mol. The van der Waals surface area contributed by atoms with Crippen LogP contribution in [0.15, 0.2) is 60.7 Å². The quantitative estimate of drug-likeness (QED) is 0.116. The summed E-state index contributed by atoms with van der Waals surface area (Å²) in [6, 6.07) is 16.0. The molecule has 0 saturated carbocycles. The molecule has 0 atom stereocenters. The fourth-order valence-corrected chi connectivity index (χ4v) is 3.86. The fourth-order valence-electron chi connectivity index (χ4n) is 3.86. The molecule has 0 heterocycles. The van der Waals surface area contributed by atoms with Crippen molar-refractivity contribution in [3.05, 3.63) is 94.6 Å². The molecule has 0 spiro atoms. The number of unbranched alkanes of at least 4 members (excludes halogenated alkanes) is 4. The highest BCUT2D eigenvalue weighted by Crippen LogP contribution is 2.24. The number of carbonyl (C=O) groups is 3. The Balaban J connectivity index is 1.38. The van der Waals surface area contributed by atoms with Crippen LogP contribution in [0.4, 0.5) is 8.78 Å². The van der Waals surface area contributed by atoms with Crippen LogP contribution in [0.1, 0.15) is 70.9 Å². The molecular weight excluding hydrogens is 548 g/mol. The number of benzene rings is 3. The van der Waals surface area contributed by atoms with E-state index in [2.05, 4.69) is 0 Å². The van der Waals surface area contributed by atoms with Crippen LogP contribution in [-0.2, 0) is 20.7 Å². The molecule has 0 aliphatic rings. The smallest absolute Gasteiger partial charge is 0.343 e. The highest BCUT2D eigenvalue weighted by Gasteiger charge is 2.18. The minimum atomic E-state index is -1.44. The zero-order valence-corrected chi connectivity index (χ0v) is 23.2.